The number of carbonyl (C=O) groups is 1. The maximum atomic E-state index is 14.1. The predicted octanol–water partition coefficient (Wildman–Crippen LogP) is 2.66. The molecule has 3 aromatic rings. The summed E-state index contributed by atoms with van der Waals surface area (Å²) in [5.74, 6) is -1.27. The standard InChI is InChI=1S/C26H32FN7O4S/c1-14(2)31-23(36)25(4,5)33-21(35)20-15(3)26(6,34-29-10-11-30-34)39-22(20)32(24(33)37)13-18(28)17-12-16(27)8-9-19(17)38-7/h8-12,14-15,28H,13H2,1-7H3,(H,31,36). The molecule has 2 aromatic heterocycles. The Kier molecular flexibility index (Phi) is 7.32. The van der Waals surface area contributed by atoms with Gasteiger partial charge in [0.15, 0.2) is 0 Å². The van der Waals surface area contributed by atoms with Gasteiger partial charge in [-0.1, -0.05) is 18.7 Å². The van der Waals surface area contributed by atoms with E-state index in [9.17, 15) is 18.8 Å². The molecule has 0 saturated carbocycles. The average Bonchev–Trinajstić information content (AvgIpc) is 3.49. The number of benzene rings is 1. The van der Waals surface area contributed by atoms with Crippen molar-refractivity contribution in [2.75, 3.05) is 7.11 Å². The van der Waals surface area contributed by atoms with Gasteiger partial charge >= 0.3 is 5.69 Å². The number of aromatic nitrogens is 5. The number of halogens is 1. The highest BCUT2D eigenvalue weighted by Gasteiger charge is 2.49. The van der Waals surface area contributed by atoms with Crippen molar-refractivity contribution in [2.24, 2.45) is 0 Å². The molecule has 13 heteroatoms. The molecule has 1 aliphatic rings. The molecule has 1 aliphatic heterocycles. The van der Waals surface area contributed by atoms with Crippen LogP contribution in [0.25, 0.3) is 0 Å². The Hall–Kier alpha value is -3.74. The van der Waals surface area contributed by atoms with E-state index in [2.05, 4.69) is 15.5 Å². The highest BCUT2D eigenvalue weighted by Crippen LogP contribution is 2.53. The van der Waals surface area contributed by atoms with Gasteiger partial charge in [-0.2, -0.15) is 15.0 Å². The number of ether oxygens (including phenoxy) is 1. The molecule has 0 bridgehead atoms. The number of fused-ring (bicyclic) bond motifs is 1. The summed E-state index contributed by atoms with van der Waals surface area (Å²) in [5, 5.41) is 20.5. The molecule has 0 aliphatic carbocycles. The van der Waals surface area contributed by atoms with E-state index in [1.54, 1.807) is 13.8 Å². The summed E-state index contributed by atoms with van der Waals surface area (Å²) in [4.78, 5) is 41.9. The van der Waals surface area contributed by atoms with Crippen LogP contribution in [0, 0.1) is 11.2 Å². The Labute approximate surface area is 228 Å². The first-order valence-corrected chi connectivity index (χ1v) is 13.2. The number of nitrogens with zero attached hydrogens (tertiary/aromatic N) is 5. The van der Waals surface area contributed by atoms with Gasteiger partial charge in [0.1, 0.15) is 22.0 Å². The van der Waals surface area contributed by atoms with E-state index >= 15 is 0 Å². The van der Waals surface area contributed by atoms with Gasteiger partial charge in [0.2, 0.25) is 5.91 Å². The topological polar surface area (TPSA) is 137 Å². The first kappa shape index (κ1) is 28.3. The van der Waals surface area contributed by atoms with Crippen LogP contribution in [-0.4, -0.2) is 48.9 Å². The molecule has 0 saturated heterocycles. The van der Waals surface area contributed by atoms with Crippen molar-refractivity contribution in [3.05, 3.63) is 68.4 Å². The monoisotopic (exact) mass is 557 g/mol. The van der Waals surface area contributed by atoms with Crippen molar-refractivity contribution in [1.82, 2.24) is 29.4 Å². The van der Waals surface area contributed by atoms with Gasteiger partial charge in [-0.05, 0) is 52.8 Å². The molecule has 39 heavy (non-hydrogen) atoms. The molecule has 2 unspecified atom stereocenters. The lowest BCUT2D eigenvalue weighted by Gasteiger charge is -2.29. The van der Waals surface area contributed by atoms with Crippen LogP contribution in [0.4, 0.5) is 4.39 Å². The lowest BCUT2D eigenvalue weighted by Crippen LogP contribution is -2.57. The number of thioether (sulfide) groups is 1. The van der Waals surface area contributed by atoms with E-state index in [0.717, 1.165) is 10.6 Å². The van der Waals surface area contributed by atoms with Crippen LogP contribution in [0.3, 0.4) is 0 Å². The molecule has 0 radical (unpaired) electrons. The van der Waals surface area contributed by atoms with Crippen molar-refractivity contribution >= 4 is 23.4 Å². The number of nitrogens with one attached hydrogen (secondary N) is 2. The molecular formula is C26H32FN7O4S. The molecule has 4 rings (SSSR count). The Morgan fingerprint density at radius 1 is 1.28 bits per heavy atom. The summed E-state index contributed by atoms with van der Waals surface area (Å²) in [6.45, 7) is 9.98. The SMILES string of the molecule is COc1ccc(F)cc1C(=N)Cn1c2c(c(=O)n(C(C)(C)C(=O)NC(C)C)c1=O)C(C)C(C)(n1nccn1)S2. The fraction of sp³-hybridized carbons (Fsp3) is 0.462. The van der Waals surface area contributed by atoms with Crippen molar-refractivity contribution in [3.8, 4) is 5.75 Å². The van der Waals surface area contributed by atoms with Crippen molar-refractivity contribution < 1.29 is 13.9 Å². The van der Waals surface area contributed by atoms with E-state index in [0.29, 0.717) is 10.6 Å². The van der Waals surface area contributed by atoms with Crippen molar-refractivity contribution in [2.45, 2.75) is 75.5 Å². The summed E-state index contributed by atoms with van der Waals surface area (Å²) >= 11 is 1.23. The Bertz CT molecular complexity index is 1560. The number of hydrogen-bond acceptors (Lipinski definition) is 8. The van der Waals surface area contributed by atoms with Crippen LogP contribution < -0.4 is 21.3 Å². The second kappa shape index (κ2) is 10.1. The molecule has 1 aromatic carbocycles. The molecule has 2 N–H and O–H groups in total. The van der Waals surface area contributed by atoms with E-state index in [1.165, 1.54) is 66.6 Å². The van der Waals surface area contributed by atoms with E-state index < -0.39 is 39.3 Å². The van der Waals surface area contributed by atoms with Gasteiger partial charge < -0.3 is 15.5 Å². The zero-order valence-electron chi connectivity index (χ0n) is 22.9. The van der Waals surface area contributed by atoms with Crippen molar-refractivity contribution in [3.63, 3.8) is 0 Å². The zero-order chi connectivity index (χ0) is 28.9. The van der Waals surface area contributed by atoms with Gasteiger partial charge in [-0.3, -0.25) is 14.2 Å². The first-order valence-electron chi connectivity index (χ1n) is 12.4. The number of rotatable bonds is 8. The average molecular weight is 558 g/mol. The largest absolute Gasteiger partial charge is 0.496 e. The minimum absolute atomic E-state index is 0.107. The minimum atomic E-state index is -1.55. The second-order valence-corrected chi connectivity index (χ2v) is 11.9. The Morgan fingerprint density at radius 3 is 2.51 bits per heavy atom. The number of carbonyl (C=O) groups excluding carboxylic acids is 1. The molecule has 1 amide bonds. The van der Waals surface area contributed by atoms with E-state index in [1.807, 2.05) is 13.8 Å². The van der Waals surface area contributed by atoms with Crippen LogP contribution in [0.15, 0.2) is 45.2 Å². The van der Waals surface area contributed by atoms with Gasteiger partial charge in [0.05, 0.1) is 42.3 Å². The smallest absolute Gasteiger partial charge is 0.333 e. The molecule has 0 fully saturated rings. The molecule has 0 spiro atoms. The third-order valence-corrected chi connectivity index (χ3v) is 8.59. The quantitative estimate of drug-likeness (QED) is 0.321. The first-order chi connectivity index (χ1) is 18.2. The minimum Gasteiger partial charge on any atom is -0.496 e. The molecule has 208 valence electrons. The summed E-state index contributed by atoms with van der Waals surface area (Å²) in [6, 6.07) is 3.57. The summed E-state index contributed by atoms with van der Waals surface area (Å²) in [5.41, 5.74) is -2.55. The van der Waals surface area contributed by atoms with Crippen LogP contribution in [-0.2, 0) is 21.7 Å². The predicted molar refractivity (Wildman–Crippen MR) is 145 cm³/mol. The molecular weight excluding hydrogens is 525 g/mol. The van der Waals surface area contributed by atoms with Crippen LogP contribution in [0.2, 0.25) is 0 Å². The second-order valence-electron chi connectivity index (χ2n) is 10.4. The maximum Gasteiger partial charge on any atom is 0.333 e. The maximum absolute atomic E-state index is 14.1. The summed E-state index contributed by atoms with van der Waals surface area (Å²) < 4.78 is 21.7. The lowest BCUT2D eigenvalue weighted by atomic mass is 9.95. The van der Waals surface area contributed by atoms with Gasteiger partial charge in [0, 0.05) is 17.5 Å². The highest BCUT2D eigenvalue weighted by atomic mass is 32.2. The van der Waals surface area contributed by atoms with Crippen LogP contribution in [0.5, 0.6) is 5.75 Å². The van der Waals surface area contributed by atoms with Crippen LogP contribution in [0.1, 0.15) is 58.6 Å². The van der Waals surface area contributed by atoms with Gasteiger partial charge in [0.25, 0.3) is 5.56 Å². The third kappa shape index (κ3) is 4.68. The van der Waals surface area contributed by atoms with E-state index in [-0.39, 0.29) is 29.6 Å². The van der Waals surface area contributed by atoms with Gasteiger partial charge in [-0.25, -0.2) is 13.8 Å². The van der Waals surface area contributed by atoms with E-state index in [4.69, 9.17) is 10.1 Å². The Balaban J connectivity index is 1.96. The molecule has 11 nitrogen and oxygen atoms in total. The van der Waals surface area contributed by atoms with Crippen molar-refractivity contribution in [1.29, 1.82) is 5.41 Å². The lowest BCUT2D eigenvalue weighted by molar-refractivity contribution is -0.129. The fourth-order valence-corrected chi connectivity index (χ4v) is 6.16. The number of amides is 1. The summed E-state index contributed by atoms with van der Waals surface area (Å²) in [7, 11) is 1.41. The summed E-state index contributed by atoms with van der Waals surface area (Å²) in [6.07, 6.45) is 3.05. The zero-order valence-corrected chi connectivity index (χ0v) is 23.7. The Morgan fingerprint density at radius 2 is 1.92 bits per heavy atom. The van der Waals surface area contributed by atoms with Gasteiger partial charge in [-0.15, -0.1) is 0 Å². The highest BCUT2D eigenvalue weighted by molar-refractivity contribution is 8.00. The normalized spacial score (nSPS) is 18.7. The number of hydrogen-bond donors (Lipinski definition) is 2. The third-order valence-electron chi connectivity index (χ3n) is 7.02. The molecule has 3 heterocycles. The molecule has 2 atom stereocenters. The number of methoxy groups -OCH3 is 1. The van der Waals surface area contributed by atoms with Crippen LogP contribution >= 0.6 is 11.8 Å². The fourth-order valence-electron chi connectivity index (χ4n) is 4.68.